The van der Waals surface area contributed by atoms with E-state index >= 15 is 0 Å². The average Bonchev–Trinajstić information content (AvgIpc) is 2.39. The molecule has 0 saturated carbocycles. The molecular formula is C14H11N3O. The number of para-hydroxylation sites is 1. The van der Waals surface area contributed by atoms with Gasteiger partial charge in [-0.15, -0.1) is 0 Å². The zero-order chi connectivity index (χ0) is 12.5. The number of aromatic amines is 1. The minimum Gasteiger partial charge on any atom is -0.397 e. The molecule has 0 aliphatic carbocycles. The number of hydrogen-bond acceptors (Lipinski definition) is 3. The first-order valence-corrected chi connectivity index (χ1v) is 5.59. The largest absolute Gasteiger partial charge is 0.397 e. The molecule has 2 aromatic carbocycles. The second-order valence-corrected chi connectivity index (χ2v) is 4.02. The van der Waals surface area contributed by atoms with Crippen LogP contribution in [0.5, 0.6) is 0 Å². The van der Waals surface area contributed by atoms with Gasteiger partial charge in [0.2, 0.25) is 0 Å². The number of nitrogens with two attached hydrogens (primary N) is 1. The topological polar surface area (TPSA) is 71.8 Å². The number of nitrogens with zero attached hydrogens (tertiary/aromatic N) is 1. The number of hydrogen-bond donors (Lipinski definition) is 2. The number of H-pyrrole nitrogens is 1. The number of nitrogen functional groups attached to an aromatic ring is 1. The molecule has 88 valence electrons. The first-order chi connectivity index (χ1) is 8.75. The lowest BCUT2D eigenvalue weighted by atomic mass is 10.1. The molecule has 0 bridgehead atoms. The van der Waals surface area contributed by atoms with Crippen molar-refractivity contribution >= 4 is 16.7 Å². The van der Waals surface area contributed by atoms with Crippen LogP contribution < -0.4 is 11.3 Å². The molecule has 1 aromatic heterocycles. The molecule has 0 spiro atoms. The minimum atomic E-state index is -0.209. The molecule has 4 nitrogen and oxygen atoms in total. The zero-order valence-electron chi connectivity index (χ0n) is 9.55. The predicted molar refractivity (Wildman–Crippen MR) is 72.2 cm³/mol. The van der Waals surface area contributed by atoms with E-state index < -0.39 is 0 Å². The second-order valence-electron chi connectivity index (χ2n) is 4.02. The lowest BCUT2D eigenvalue weighted by Crippen LogP contribution is -2.12. The van der Waals surface area contributed by atoms with Gasteiger partial charge in [0.15, 0.2) is 0 Å². The Kier molecular flexibility index (Phi) is 2.34. The van der Waals surface area contributed by atoms with Gasteiger partial charge in [-0.1, -0.05) is 36.4 Å². The van der Waals surface area contributed by atoms with Crippen LogP contribution in [0.3, 0.4) is 0 Å². The SMILES string of the molecule is Nc1cccc2[nH]c(=O)c(-c3ccccc3)nc12. The summed E-state index contributed by atoms with van der Waals surface area (Å²) in [6.45, 7) is 0. The molecule has 0 amide bonds. The molecular weight excluding hydrogens is 226 g/mol. The van der Waals surface area contributed by atoms with Crippen LogP contribution in [-0.2, 0) is 0 Å². The normalized spacial score (nSPS) is 10.7. The highest BCUT2D eigenvalue weighted by atomic mass is 16.1. The number of rotatable bonds is 1. The third-order valence-corrected chi connectivity index (χ3v) is 2.80. The number of anilines is 1. The summed E-state index contributed by atoms with van der Waals surface area (Å²) >= 11 is 0. The van der Waals surface area contributed by atoms with Crippen LogP contribution in [-0.4, -0.2) is 9.97 Å². The standard InChI is InChI=1S/C14H11N3O/c15-10-7-4-8-11-13(10)17-12(14(18)16-11)9-5-2-1-3-6-9/h1-8H,15H2,(H,16,18). The Hall–Kier alpha value is -2.62. The zero-order valence-corrected chi connectivity index (χ0v) is 9.55. The van der Waals surface area contributed by atoms with Crippen LogP contribution in [0.2, 0.25) is 0 Å². The highest BCUT2D eigenvalue weighted by Gasteiger charge is 2.08. The molecule has 0 aliphatic heterocycles. The van der Waals surface area contributed by atoms with Gasteiger partial charge in [0, 0.05) is 5.56 Å². The summed E-state index contributed by atoms with van der Waals surface area (Å²) in [5.41, 5.74) is 8.66. The Morgan fingerprint density at radius 1 is 1.00 bits per heavy atom. The van der Waals surface area contributed by atoms with E-state index in [9.17, 15) is 4.79 Å². The monoisotopic (exact) mass is 237 g/mol. The minimum absolute atomic E-state index is 0.209. The first kappa shape index (κ1) is 10.5. The molecule has 0 saturated heterocycles. The number of aromatic nitrogens is 2. The molecule has 0 fully saturated rings. The molecule has 3 N–H and O–H groups in total. The maximum absolute atomic E-state index is 12.0. The van der Waals surface area contributed by atoms with Gasteiger partial charge in [0.05, 0.1) is 11.2 Å². The van der Waals surface area contributed by atoms with Crippen LogP contribution in [0.1, 0.15) is 0 Å². The Labute approximate surface area is 103 Å². The van der Waals surface area contributed by atoms with Crippen molar-refractivity contribution < 1.29 is 0 Å². The summed E-state index contributed by atoms with van der Waals surface area (Å²) in [5, 5.41) is 0. The van der Waals surface area contributed by atoms with Gasteiger partial charge < -0.3 is 10.7 Å². The fourth-order valence-electron chi connectivity index (χ4n) is 1.92. The molecule has 3 aromatic rings. The third-order valence-electron chi connectivity index (χ3n) is 2.80. The third kappa shape index (κ3) is 1.64. The molecule has 4 heteroatoms. The van der Waals surface area contributed by atoms with E-state index in [4.69, 9.17) is 5.73 Å². The summed E-state index contributed by atoms with van der Waals surface area (Å²) in [5.74, 6) is 0. The summed E-state index contributed by atoms with van der Waals surface area (Å²) < 4.78 is 0. The predicted octanol–water partition coefficient (Wildman–Crippen LogP) is 2.17. The van der Waals surface area contributed by atoms with Crippen molar-refractivity contribution in [3.8, 4) is 11.3 Å². The Balaban J connectivity index is 2.35. The van der Waals surface area contributed by atoms with Crippen molar-refractivity contribution in [3.63, 3.8) is 0 Å². The highest BCUT2D eigenvalue weighted by molar-refractivity contribution is 5.87. The van der Waals surface area contributed by atoms with Crippen LogP contribution >= 0.6 is 0 Å². The molecule has 0 radical (unpaired) electrons. The molecule has 18 heavy (non-hydrogen) atoms. The number of nitrogens with one attached hydrogen (secondary N) is 1. The fourth-order valence-corrected chi connectivity index (χ4v) is 1.92. The quantitative estimate of drug-likeness (QED) is 0.637. The van der Waals surface area contributed by atoms with Crippen molar-refractivity contribution in [2.45, 2.75) is 0 Å². The van der Waals surface area contributed by atoms with Gasteiger partial charge in [-0.2, -0.15) is 0 Å². The van der Waals surface area contributed by atoms with Gasteiger partial charge in [-0.05, 0) is 12.1 Å². The average molecular weight is 237 g/mol. The number of benzene rings is 2. The smallest absolute Gasteiger partial charge is 0.274 e. The molecule has 3 rings (SSSR count). The van der Waals surface area contributed by atoms with E-state index in [2.05, 4.69) is 9.97 Å². The maximum Gasteiger partial charge on any atom is 0.274 e. The van der Waals surface area contributed by atoms with Crippen molar-refractivity contribution in [1.82, 2.24) is 9.97 Å². The van der Waals surface area contributed by atoms with Crippen molar-refractivity contribution in [2.24, 2.45) is 0 Å². The Morgan fingerprint density at radius 3 is 2.56 bits per heavy atom. The maximum atomic E-state index is 12.0. The van der Waals surface area contributed by atoms with Crippen molar-refractivity contribution in [1.29, 1.82) is 0 Å². The first-order valence-electron chi connectivity index (χ1n) is 5.59. The lowest BCUT2D eigenvalue weighted by molar-refractivity contribution is 1.22. The van der Waals surface area contributed by atoms with Gasteiger partial charge in [-0.25, -0.2) is 4.98 Å². The second kappa shape index (κ2) is 4.00. The summed E-state index contributed by atoms with van der Waals surface area (Å²) in [4.78, 5) is 19.2. The Morgan fingerprint density at radius 2 is 1.78 bits per heavy atom. The molecule has 1 heterocycles. The van der Waals surface area contributed by atoms with E-state index in [1.54, 1.807) is 18.2 Å². The van der Waals surface area contributed by atoms with Gasteiger partial charge >= 0.3 is 0 Å². The van der Waals surface area contributed by atoms with E-state index in [1.165, 1.54) is 0 Å². The fraction of sp³-hybridized carbons (Fsp3) is 0. The van der Waals surface area contributed by atoms with Gasteiger partial charge in [0.1, 0.15) is 11.2 Å². The van der Waals surface area contributed by atoms with E-state index in [-0.39, 0.29) is 5.56 Å². The van der Waals surface area contributed by atoms with Crippen LogP contribution in [0.25, 0.3) is 22.3 Å². The summed E-state index contributed by atoms with van der Waals surface area (Å²) in [6.07, 6.45) is 0. The lowest BCUT2D eigenvalue weighted by Gasteiger charge is -2.04. The van der Waals surface area contributed by atoms with E-state index in [0.717, 1.165) is 5.56 Å². The Bertz CT molecular complexity index is 763. The molecule has 0 unspecified atom stereocenters. The summed E-state index contributed by atoms with van der Waals surface area (Å²) in [7, 11) is 0. The van der Waals surface area contributed by atoms with Crippen LogP contribution in [0.4, 0.5) is 5.69 Å². The van der Waals surface area contributed by atoms with Crippen LogP contribution in [0.15, 0.2) is 53.3 Å². The molecule has 0 aliphatic rings. The van der Waals surface area contributed by atoms with Gasteiger partial charge in [0.25, 0.3) is 5.56 Å². The van der Waals surface area contributed by atoms with E-state index in [1.807, 2.05) is 30.3 Å². The van der Waals surface area contributed by atoms with Crippen LogP contribution in [0, 0.1) is 0 Å². The van der Waals surface area contributed by atoms with Gasteiger partial charge in [-0.3, -0.25) is 4.79 Å². The van der Waals surface area contributed by atoms with Crippen molar-refractivity contribution in [2.75, 3.05) is 5.73 Å². The van der Waals surface area contributed by atoms with Crippen molar-refractivity contribution in [3.05, 3.63) is 58.9 Å². The molecule has 0 atom stereocenters. The highest BCUT2D eigenvalue weighted by Crippen LogP contribution is 2.19. The number of fused-ring (bicyclic) bond motifs is 1. The van der Waals surface area contributed by atoms with E-state index in [0.29, 0.717) is 22.4 Å². The summed E-state index contributed by atoms with van der Waals surface area (Å²) in [6, 6.07) is 14.7.